The topological polar surface area (TPSA) is 25.8 Å². The fraction of sp³-hybridized carbons (Fsp3) is 0.500. The van der Waals surface area contributed by atoms with Crippen LogP contribution in [0.1, 0.15) is 11.4 Å². The van der Waals surface area contributed by atoms with Crippen LogP contribution in [0.2, 0.25) is 78.6 Å². The Balaban J connectivity index is 0.000000562. The van der Waals surface area contributed by atoms with E-state index in [0.717, 1.165) is 0 Å². The third-order valence-electron chi connectivity index (χ3n) is 4.84. The maximum absolute atomic E-state index is 4.54. The molecule has 2 rings (SSSR count). The third kappa shape index (κ3) is 9.82. The Morgan fingerprint density at radius 2 is 0.742 bits per heavy atom. The summed E-state index contributed by atoms with van der Waals surface area (Å²) in [6.07, 6.45) is 3.82. The molecule has 0 aromatic carbocycles. The zero-order chi connectivity index (χ0) is 23.4. The van der Waals surface area contributed by atoms with Crippen LogP contribution in [0, 0.1) is 10.3 Å². The molecular formula is C24H44N2NiSi4. The van der Waals surface area contributed by atoms with E-state index in [0.29, 0.717) is 0 Å². The van der Waals surface area contributed by atoms with Crippen molar-refractivity contribution in [3.8, 4) is 0 Å². The van der Waals surface area contributed by atoms with Gasteiger partial charge in [0.2, 0.25) is 0 Å². The molecule has 7 heteroatoms. The summed E-state index contributed by atoms with van der Waals surface area (Å²) in [4.78, 5) is 9.09. The van der Waals surface area contributed by atoms with Crippen LogP contribution in [-0.4, -0.2) is 42.3 Å². The number of nitrogens with zero attached hydrogens (tertiary/aromatic N) is 2. The van der Waals surface area contributed by atoms with Crippen LogP contribution in [-0.2, 0) is 16.5 Å². The summed E-state index contributed by atoms with van der Waals surface area (Å²) >= 11 is 0. The second-order valence-electron chi connectivity index (χ2n) is 12.2. The largest absolute Gasteiger partial charge is 2.00 e. The molecule has 31 heavy (non-hydrogen) atoms. The molecule has 0 bridgehead atoms. The van der Waals surface area contributed by atoms with E-state index < -0.39 is 32.3 Å². The summed E-state index contributed by atoms with van der Waals surface area (Å²) < 4.78 is 0. The van der Waals surface area contributed by atoms with Crippen LogP contribution >= 0.6 is 0 Å². The Morgan fingerprint density at radius 3 is 0.903 bits per heavy atom. The van der Waals surface area contributed by atoms with E-state index in [1.165, 1.54) is 11.4 Å². The molecule has 0 amide bonds. The molecule has 0 fully saturated rings. The van der Waals surface area contributed by atoms with Crippen molar-refractivity contribution in [2.45, 2.75) is 78.6 Å². The Kier molecular flexibility index (Phi) is 11.3. The van der Waals surface area contributed by atoms with Gasteiger partial charge in [-0.25, -0.2) is 0 Å². The first-order valence-corrected chi connectivity index (χ1v) is 25.0. The van der Waals surface area contributed by atoms with Gasteiger partial charge in [-0.1, -0.05) is 90.7 Å². The van der Waals surface area contributed by atoms with Crippen molar-refractivity contribution in [2.24, 2.45) is 0 Å². The van der Waals surface area contributed by atoms with Gasteiger partial charge in [0.05, 0.1) is 0 Å². The summed E-state index contributed by atoms with van der Waals surface area (Å²) in [6.45, 7) is 29.1. The molecule has 0 radical (unpaired) electrons. The van der Waals surface area contributed by atoms with Crippen LogP contribution in [0.25, 0.3) is 0 Å². The van der Waals surface area contributed by atoms with Gasteiger partial charge in [0.25, 0.3) is 0 Å². The first-order chi connectivity index (χ1) is 13.5. The van der Waals surface area contributed by atoms with Crippen molar-refractivity contribution in [3.63, 3.8) is 0 Å². The normalized spacial score (nSPS) is 12.3. The number of pyridine rings is 2. The van der Waals surface area contributed by atoms with Crippen molar-refractivity contribution >= 4 is 32.3 Å². The first kappa shape index (κ1) is 30.4. The Bertz CT molecular complexity index is 663. The maximum atomic E-state index is 4.54. The average Bonchev–Trinajstić information content (AvgIpc) is 2.52. The summed E-state index contributed by atoms with van der Waals surface area (Å²) in [7, 11) is -4.99. The third-order valence-corrected chi connectivity index (χ3v) is 20.9. The molecule has 2 heterocycles. The van der Waals surface area contributed by atoms with Crippen molar-refractivity contribution in [3.05, 3.63) is 70.5 Å². The van der Waals surface area contributed by atoms with Crippen molar-refractivity contribution in [2.75, 3.05) is 0 Å². The maximum Gasteiger partial charge on any atom is 2.00 e. The Labute approximate surface area is 207 Å². The fourth-order valence-electron chi connectivity index (χ4n) is 4.81. The minimum Gasteiger partial charge on any atom is -0.296 e. The van der Waals surface area contributed by atoms with Crippen LogP contribution in [0.3, 0.4) is 0 Å². The van der Waals surface area contributed by atoms with E-state index >= 15 is 0 Å². The molecule has 0 aliphatic carbocycles. The average molecular weight is 532 g/mol. The monoisotopic (exact) mass is 530 g/mol. The Morgan fingerprint density at radius 1 is 0.484 bits per heavy atom. The molecule has 0 unspecified atom stereocenters. The van der Waals surface area contributed by atoms with Gasteiger partial charge in [-0.3, -0.25) is 9.97 Å². The summed E-state index contributed by atoms with van der Waals surface area (Å²) in [5.74, 6) is 0. The van der Waals surface area contributed by atoms with E-state index in [1.54, 1.807) is 10.3 Å². The van der Waals surface area contributed by atoms with Gasteiger partial charge in [-0.15, -0.1) is 23.5 Å². The second-order valence-corrected chi connectivity index (χ2v) is 33.2. The molecule has 176 valence electrons. The standard InChI is InChI=1S/2C12H22NSi2.Ni/c2*1-14(2,3)12(15(4,5)6)11-9-7-8-10-13-11;/h2*7-10H,1-6H3;/q2*-1;+2. The van der Waals surface area contributed by atoms with E-state index in [9.17, 15) is 0 Å². The van der Waals surface area contributed by atoms with Crippen molar-refractivity contribution in [1.29, 1.82) is 0 Å². The molecule has 0 spiro atoms. The second kappa shape index (κ2) is 11.5. The van der Waals surface area contributed by atoms with Gasteiger partial charge in [0, 0.05) is 12.4 Å². The van der Waals surface area contributed by atoms with Gasteiger partial charge in [-0.2, -0.15) is 22.5 Å². The van der Waals surface area contributed by atoms with Crippen LogP contribution < -0.4 is 0 Å². The van der Waals surface area contributed by atoms with Gasteiger partial charge >= 0.3 is 16.5 Å². The van der Waals surface area contributed by atoms with Gasteiger partial charge in [-0.05, 0) is 32.3 Å². The first-order valence-electron chi connectivity index (χ1n) is 11.0. The smallest absolute Gasteiger partial charge is 0.296 e. The number of hydrogen-bond donors (Lipinski definition) is 0. The zero-order valence-corrected chi connectivity index (χ0v) is 26.8. The minimum atomic E-state index is -1.25. The zero-order valence-electron chi connectivity index (χ0n) is 21.8. The van der Waals surface area contributed by atoms with Crippen molar-refractivity contribution in [1.82, 2.24) is 9.97 Å². The van der Waals surface area contributed by atoms with Crippen LogP contribution in [0.5, 0.6) is 0 Å². The minimum absolute atomic E-state index is 0. The molecule has 2 aromatic rings. The van der Waals surface area contributed by atoms with E-state index in [1.807, 2.05) is 24.5 Å². The molecule has 0 atom stereocenters. The molecule has 0 aliphatic rings. The van der Waals surface area contributed by atoms with Crippen molar-refractivity contribution < 1.29 is 16.5 Å². The molecule has 0 saturated heterocycles. The summed E-state index contributed by atoms with van der Waals surface area (Å²) in [5.41, 5.74) is 2.49. The number of rotatable bonds is 6. The molecule has 0 saturated carbocycles. The molecular weight excluding hydrogens is 487 g/mol. The number of aromatic nitrogens is 2. The molecule has 2 nitrogen and oxygen atoms in total. The summed E-state index contributed by atoms with van der Waals surface area (Å²) in [5, 5.41) is 3.38. The molecule has 0 N–H and O–H groups in total. The van der Waals surface area contributed by atoms with E-state index in [2.05, 4.69) is 113 Å². The fourth-order valence-corrected chi connectivity index (χ4v) is 26.5. The molecule has 0 aliphatic heterocycles. The van der Waals surface area contributed by atoms with E-state index in [4.69, 9.17) is 0 Å². The quantitative estimate of drug-likeness (QED) is 0.285. The van der Waals surface area contributed by atoms with Crippen LogP contribution in [0.15, 0.2) is 48.8 Å². The van der Waals surface area contributed by atoms with Crippen LogP contribution in [0.4, 0.5) is 0 Å². The SMILES string of the molecule is C[Si](C)(C)[C-](c1ccccn1)[Si](C)(C)C.C[Si](C)(C)[C-](c1ccccn1)[Si](C)(C)C.[Ni+2]. The van der Waals surface area contributed by atoms with Gasteiger partial charge in [0.15, 0.2) is 0 Å². The van der Waals surface area contributed by atoms with Gasteiger partial charge in [0.1, 0.15) is 0 Å². The predicted molar refractivity (Wildman–Crippen MR) is 147 cm³/mol. The van der Waals surface area contributed by atoms with Gasteiger partial charge < -0.3 is 0 Å². The predicted octanol–water partition coefficient (Wildman–Crippen LogP) is 7.52. The van der Waals surface area contributed by atoms with E-state index in [-0.39, 0.29) is 16.5 Å². The summed E-state index contributed by atoms with van der Waals surface area (Å²) in [6, 6.07) is 12.5. The Hall–Kier alpha value is -0.599. The molecule has 2 aromatic heterocycles. The number of hydrogen-bond acceptors (Lipinski definition) is 2.